The molecule has 1 aromatic carbocycles. The number of hydrogen-bond donors (Lipinski definition) is 0. The lowest BCUT2D eigenvalue weighted by molar-refractivity contribution is -0.391. The van der Waals surface area contributed by atoms with Crippen molar-refractivity contribution in [3.63, 3.8) is 0 Å². The Morgan fingerprint density at radius 2 is 1.57 bits per heavy atom. The molecule has 10 nitrogen and oxygen atoms in total. The van der Waals surface area contributed by atoms with E-state index in [0.717, 1.165) is 12.1 Å². The fourth-order valence-electron chi connectivity index (χ4n) is 1.74. The molecule has 0 N–H and O–H groups in total. The van der Waals surface area contributed by atoms with Gasteiger partial charge in [-0.05, 0) is 6.07 Å². The van der Waals surface area contributed by atoms with Crippen LogP contribution in [0, 0.1) is 10.1 Å². The van der Waals surface area contributed by atoms with Crippen LogP contribution in [0.4, 0.5) is 5.69 Å². The Morgan fingerprint density at radius 1 is 1.00 bits per heavy atom. The molecule has 2 rings (SSSR count). The van der Waals surface area contributed by atoms with Crippen molar-refractivity contribution in [3.8, 4) is 0 Å². The molecule has 0 atom stereocenters. The van der Waals surface area contributed by atoms with Crippen LogP contribution in [-0.4, -0.2) is 35.8 Å². The Balaban J connectivity index is 3.22. The molecule has 0 aliphatic carbocycles. The number of hydrogen-bond acceptors (Lipinski definition) is 9. The number of rotatable bonds is 3. The Labute approximate surface area is 117 Å². The number of para-hydroxylation sites is 1. The lowest BCUT2D eigenvalue weighted by atomic mass is 10.2. The van der Waals surface area contributed by atoms with Gasteiger partial charge in [0, 0.05) is 5.39 Å². The van der Waals surface area contributed by atoms with Crippen molar-refractivity contribution >= 4 is 36.8 Å². The molecular weight excluding hydrogens is 328 g/mol. The average Bonchev–Trinajstić information content (AvgIpc) is 2.33. The summed E-state index contributed by atoms with van der Waals surface area (Å²) in [4.78, 5) is 11.4. The van der Waals surface area contributed by atoms with E-state index in [0.29, 0.717) is 0 Å². The molecule has 0 radical (unpaired) electrons. The van der Waals surface area contributed by atoms with E-state index in [1.165, 1.54) is 12.1 Å². The fourth-order valence-corrected chi connectivity index (χ4v) is 3.28. The lowest BCUT2D eigenvalue weighted by Crippen LogP contribution is -2.12. The second-order valence-electron chi connectivity index (χ2n) is 3.78. The van der Waals surface area contributed by atoms with Gasteiger partial charge in [0.25, 0.3) is 0 Å². The van der Waals surface area contributed by atoms with E-state index < -0.39 is 46.2 Å². The third-order valence-corrected chi connectivity index (χ3v) is 4.13. The van der Waals surface area contributed by atoms with Gasteiger partial charge >= 0.3 is 5.69 Å². The molecule has 0 aliphatic heterocycles. The highest BCUT2D eigenvalue weighted by Gasteiger charge is 2.31. The van der Waals surface area contributed by atoms with Crippen LogP contribution < -0.4 is 0 Å². The summed E-state index contributed by atoms with van der Waals surface area (Å²) in [7, 11) is -10.9. The minimum Gasteiger partial charge on any atom is -0.744 e. The van der Waals surface area contributed by atoms with Crippen LogP contribution >= 0.6 is 0 Å². The SMILES string of the molecule is O=[N+]([O-])c1c(S(=O)(=O)[O-])nc2ccccc2c1S(=O)(=O)[O-]. The Hall–Kier alpha value is -2.15. The number of nitrogens with zero attached hydrogens (tertiary/aromatic N) is 2. The molecule has 0 unspecified atom stereocenters. The van der Waals surface area contributed by atoms with Crippen molar-refractivity contribution in [2.75, 3.05) is 0 Å². The summed E-state index contributed by atoms with van der Waals surface area (Å²) in [5.74, 6) is 0. The van der Waals surface area contributed by atoms with Gasteiger partial charge < -0.3 is 9.11 Å². The van der Waals surface area contributed by atoms with Crippen molar-refractivity contribution < 1.29 is 30.9 Å². The van der Waals surface area contributed by atoms with Crippen LogP contribution in [0.25, 0.3) is 10.9 Å². The molecule has 0 spiro atoms. The normalized spacial score (nSPS) is 12.5. The first-order valence-corrected chi connectivity index (χ1v) is 7.84. The van der Waals surface area contributed by atoms with Crippen molar-refractivity contribution in [3.05, 3.63) is 34.4 Å². The molecule has 1 heterocycles. The maximum atomic E-state index is 11.3. The molecule has 0 saturated heterocycles. The van der Waals surface area contributed by atoms with E-state index in [-0.39, 0.29) is 5.52 Å². The van der Waals surface area contributed by atoms with Crippen molar-refractivity contribution in [2.45, 2.75) is 9.92 Å². The summed E-state index contributed by atoms with van der Waals surface area (Å²) in [6.45, 7) is 0. The average molecular weight is 332 g/mol. The molecule has 0 aliphatic rings. The predicted molar refractivity (Wildman–Crippen MR) is 64.3 cm³/mol. The monoisotopic (exact) mass is 332 g/mol. The second kappa shape index (κ2) is 4.70. The highest BCUT2D eigenvalue weighted by Crippen LogP contribution is 2.35. The first-order chi connectivity index (χ1) is 9.53. The number of nitro groups is 1. The van der Waals surface area contributed by atoms with E-state index >= 15 is 0 Å². The minimum atomic E-state index is -5.46. The smallest absolute Gasteiger partial charge is 0.323 e. The van der Waals surface area contributed by atoms with E-state index in [9.17, 15) is 36.1 Å². The predicted octanol–water partition coefficient (Wildman–Crippen LogP) is -0.0488. The molecule has 112 valence electrons. The van der Waals surface area contributed by atoms with E-state index in [2.05, 4.69) is 4.98 Å². The van der Waals surface area contributed by atoms with Gasteiger partial charge in [0.2, 0.25) is 5.03 Å². The van der Waals surface area contributed by atoms with Gasteiger partial charge in [-0.25, -0.2) is 21.8 Å². The molecule has 21 heavy (non-hydrogen) atoms. The molecule has 0 bridgehead atoms. The highest BCUT2D eigenvalue weighted by molar-refractivity contribution is 7.87. The minimum absolute atomic E-state index is 0.341. The highest BCUT2D eigenvalue weighted by atomic mass is 32.2. The van der Waals surface area contributed by atoms with Gasteiger partial charge in [0.15, 0.2) is 0 Å². The Kier molecular flexibility index (Phi) is 3.41. The summed E-state index contributed by atoms with van der Waals surface area (Å²) >= 11 is 0. The number of benzene rings is 1. The van der Waals surface area contributed by atoms with Crippen LogP contribution in [0.3, 0.4) is 0 Å². The van der Waals surface area contributed by atoms with Crippen LogP contribution in [0.2, 0.25) is 0 Å². The summed E-state index contributed by atoms with van der Waals surface area (Å²) in [5, 5.41) is 8.89. The topological polar surface area (TPSA) is 170 Å². The summed E-state index contributed by atoms with van der Waals surface area (Å²) < 4.78 is 67.0. The second-order valence-corrected chi connectivity index (χ2v) is 6.39. The Bertz CT molecular complexity index is 965. The van der Waals surface area contributed by atoms with E-state index in [1.54, 1.807) is 0 Å². The van der Waals surface area contributed by atoms with Crippen LogP contribution in [0.5, 0.6) is 0 Å². The van der Waals surface area contributed by atoms with Crippen molar-refractivity contribution in [2.24, 2.45) is 0 Å². The van der Waals surface area contributed by atoms with Crippen LogP contribution in [-0.2, 0) is 20.2 Å². The standard InChI is InChI=1S/C9H6N2O8S2/c12-11(13)7-8(20(14,15)16)5-3-1-2-4-6(5)10-9(7)21(17,18)19/h1-4H,(H,14,15,16)(H,17,18,19)/p-2. The quantitative estimate of drug-likeness (QED) is 0.424. The molecule has 2 aromatic rings. The van der Waals surface area contributed by atoms with Gasteiger partial charge in [-0.1, -0.05) is 18.2 Å². The fraction of sp³-hybridized carbons (Fsp3) is 0. The zero-order chi connectivity index (χ0) is 16.0. The van der Waals surface area contributed by atoms with Gasteiger partial charge in [-0.15, -0.1) is 0 Å². The van der Waals surface area contributed by atoms with Gasteiger partial charge in [-0.2, -0.15) is 0 Å². The van der Waals surface area contributed by atoms with Gasteiger partial charge in [0.05, 0.1) is 10.4 Å². The molecule has 0 fully saturated rings. The maximum absolute atomic E-state index is 11.3. The van der Waals surface area contributed by atoms with Gasteiger partial charge in [0.1, 0.15) is 25.1 Å². The molecule has 0 saturated carbocycles. The van der Waals surface area contributed by atoms with E-state index in [4.69, 9.17) is 0 Å². The van der Waals surface area contributed by atoms with Crippen molar-refractivity contribution in [1.29, 1.82) is 0 Å². The van der Waals surface area contributed by atoms with Crippen LogP contribution in [0.15, 0.2) is 34.2 Å². The maximum Gasteiger partial charge on any atom is 0.323 e. The Morgan fingerprint density at radius 3 is 2.05 bits per heavy atom. The molecule has 0 amide bonds. The number of fused-ring (bicyclic) bond motifs is 1. The van der Waals surface area contributed by atoms with Gasteiger partial charge in [-0.3, -0.25) is 10.1 Å². The summed E-state index contributed by atoms with van der Waals surface area (Å²) in [6.07, 6.45) is 0. The summed E-state index contributed by atoms with van der Waals surface area (Å²) in [5.41, 5.74) is -1.98. The zero-order valence-electron chi connectivity index (χ0n) is 9.79. The van der Waals surface area contributed by atoms with Crippen LogP contribution in [0.1, 0.15) is 0 Å². The zero-order valence-corrected chi connectivity index (χ0v) is 11.4. The lowest BCUT2D eigenvalue weighted by Gasteiger charge is -2.14. The molecular formula is C9H4N2O8S2-2. The van der Waals surface area contributed by atoms with Crippen molar-refractivity contribution in [1.82, 2.24) is 4.98 Å². The first-order valence-electron chi connectivity index (χ1n) is 5.02. The third-order valence-electron chi connectivity index (χ3n) is 2.46. The third kappa shape index (κ3) is 2.69. The summed E-state index contributed by atoms with van der Waals surface area (Å²) in [6, 6.07) is 4.75. The number of pyridine rings is 1. The van der Waals surface area contributed by atoms with E-state index in [1.807, 2.05) is 0 Å². The molecule has 12 heteroatoms. The molecule has 1 aromatic heterocycles. The largest absolute Gasteiger partial charge is 0.744 e. The number of aromatic nitrogens is 1. The first kappa shape index (κ1) is 15.2.